The number of halogens is 1. The molecule has 1 aromatic rings. The van der Waals surface area contributed by atoms with Gasteiger partial charge < -0.3 is 5.73 Å². The topological polar surface area (TPSA) is 60.2 Å². The van der Waals surface area contributed by atoms with E-state index in [1.807, 2.05) is 0 Å². The van der Waals surface area contributed by atoms with Crippen LogP contribution in [0.4, 0.5) is 0 Å². The molecule has 3 nitrogen and oxygen atoms in total. The first-order valence-electron chi connectivity index (χ1n) is 4.72. The second-order valence-electron chi connectivity index (χ2n) is 3.84. The third-order valence-corrected chi connectivity index (χ3v) is 6.01. The summed E-state index contributed by atoms with van der Waals surface area (Å²) in [5, 5.41) is 0. The monoisotopic (exact) mass is 289 g/mol. The SMILES string of the molecule is NCC1(S(=O)(=O)c2ccc(Br)cc2)CC1. The minimum atomic E-state index is -3.24. The Morgan fingerprint density at radius 3 is 2.20 bits per heavy atom. The average Bonchev–Trinajstić information content (AvgIpc) is 2.99. The highest BCUT2D eigenvalue weighted by molar-refractivity contribution is 9.10. The van der Waals surface area contributed by atoms with Gasteiger partial charge in [-0.05, 0) is 37.1 Å². The molecule has 0 radical (unpaired) electrons. The van der Waals surface area contributed by atoms with Crippen LogP contribution in [0.15, 0.2) is 33.6 Å². The van der Waals surface area contributed by atoms with Crippen LogP contribution in [0.3, 0.4) is 0 Å². The average molecular weight is 290 g/mol. The normalized spacial score (nSPS) is 18.8. The van der Waals surface area contributed by atoms with Crippen LogP contribution in [-0.4, -0.2) is 19.7 Å². The molecule has 15 heavy (non-hydrogen) atoms. The van der Waals surface area contributed by atoms with Crippen LogP contribution < -0.4 is 5.73 Å². The van der Waals surface area contributed by atoms with E-state index in [0.29, 0.717) is 17.7 Å². The van der Waals surface area contributed by atoms with Crippen molar-refractivity contribution in [3.05, 3.63) is 28.7 Å². The summed E-state index contributed by atoms with van der Waals surface area (Å²) < 4.78 is 24.5. The molecule has 0 aromatic heterocycles. The first-order valence-corrected chi connectivity index (χ1v) is 7.00. The molecule has 2 N–H and O–H groups in total. The predicted molar refractivity (Wildman–Crippen MR) is 62.3 cm³/mol. The largest absolute Gasteiger partial charge is 0.329 e. The van der Waals surface area contributed by atoms with Crippen molar-refractivity contribution in [1.82, 2.24) is 0 Å². The Balaban J connectivity index is 2.43. The molecule has 1 fully saturated rings. The van der Waals surface area contributed by atoms with Crippen LogP contribution in [-0.2, 0) is 9.84 Å². The van der Waals surface area contributed by atoms with Crippen molar-refractivity contribution in [1.29, 1.82) is 0 Å². The summed E-state index contributed by atoms with van der Waals surface area (Å²) in [7, 11) is -3.24. The van der Waals surface area contributed by atoms with E-state index < -0.39 is 14.6 Å². The highest BCUT2D eigenvalue weighted by Gasteiger charge is 2.53. The molecular weight excluding hydrogens is 278 g/mol. The van der Waals surface area contributed by atoms with E-state index in [1.54, 1.807) is 24.3 Å². The van der Waals surface area contributed by atoms with Gasteiger partial charge in [0.2, 0.25) is 0 Å². The second kappa shape index (κ2) is 3.57. The summed E-state index contributed by atoms with van der Waals surface area (Å²) in [5.74, 6) is 0. The summed E-state index contributed by atoms with van der Waals surface area (Å²) in [6.45, 7) is 0.214. The number of nitrogens with two attached hydrogens (primary N) is 1. The lowest BCUT2D eigenvalue weighted by Gasteiger charge is -2.13. The molecule has 2 rings (SSSR count). The quantitative estimate of drug-likeness (QED) is 0.922. The Bertz CT molecular complexity index is 463. The van der Waals surface area contributed by atoms with Gasteiger partial charge in [0.05, 0.1) is 9.64 Å². The Morgan fingerprint density at radius 1 is 1.27 bits per heavy atom. The van der Waals surface area contributed by atoms with Crippen molar-refractivity contribution in [2.45, 2.75) is 22.5 Å². The van der Waals surface area contributed by atoms with Gasteiger partial charge in [0, 0.05) is 11.0 Å². The van der Waals surface area contributed by atoms with Crippen LogP contribution in [0.5, 0.6) is 0 Å². The van der Waals surface area contributed by atoms with Crippen molar-refractivity contribution in [3.63, 3.8) is 0 Å². The molecule has 0 unspecified atom stereocenters. The van der Waals surface area contributed by atoms with E-state index in [1.165, 1.54) is 0 Å². The van der Waals surface area contributed by atoms with Gasteiger partial charge in [-0.1, -0.05) is 15.9 Å². The lowest BCUT2D eigenvalue weighted by atomic mass is 10.4. The summed E-state index contributed by atoms with van der Waals surface area (Å²) in [6, 6.07) is 6.71. The predicted octanol–water partition coefficient (Wildman–Crippen LogP) is 1.71. The van der Waals surface area contributed by atoms with Crippen LogP contribution in [0.25, 0.3) is 0 Å². The van der Waals surface area contributed by atoms with Crippen LogP contribution in [0, 0.1) is 0 Å². The zero-order valence-corrected chi connectivity index (χ0v) is 10.5. The van der Waals surface area contributed by atoms with Crippen molar-refractivity contribution < 1.29 is 8.42 Å². The van der Waals surface area contributed by atoms with E-state index >= 15 is 0 Å². The van der Waals surface area contributed by atoms with Crippen molar-refractivity contribution in [2.75, 3.05) is 6.54 Å². The number of sulfone groups is 1. The molecule has 0 saturated heterocycles. The van der Waals surface area contributed by atoms with E-state index in [2.05, 4.69) is 15.9 Å². The van der Waals surface area contributed by atoms with Gasteiger partial charge in [-0.3, -0.25) is 0 Å². The highest BCUT2D eigenvalue weighted by atomic mass is 79.9. The van der Waals surface area contributed by atoms with Crippen molar-refractivity contribution in [2.24, 2.45) is 5.73 Å². The number of rotatable bonds is 3. The van der Waals surface area contributed by atoms with Crippen molar-refractivity contribution >= 4 is 25.8 Å². The molecule has 1 aromatic carbocycles. The lowest BCUT2D eigenvalue weighted by Crippen LogP contribution is -2.31. The smallest absolute Gasteiger partial charge is 0.185 e. The molecular formula is C10H12BrNO2S. The maximum atomic E-state index is 12.2. The van der Waals surface area contributed by atoms with E-state index in [4.69, 9.17) is 5.73 Å². The van der Waals surface area contributed by atoms with E-state index in [-0.39, 0.29) is 6.54 Å². The molecule has 1 aliphatic carbocycles. The highest BCUT2D eigenvalue weighted by Crippen LogP contribution is 2.45. The Morgan fingerprint density at radius 2 is 1.80 bits per heavy atom. The summed E-state index contributed by atoms with van der Waals surface area (Å²) in [4.78, 5) is 0.369. The summed E-state index contributed by atoms with van der Waals surface area (Å²) in [6.07, 6.45) is 1.36. The fourth-order valence-corrected chi connectivity index (χ4v) is 3.70. The van der Waals surface area contributed by atoms with Gasteiger partial charge in [-0.15, -0.1) is 0 Å². The molecule has 0 atom stereocenters. The zero-order valence-electron chi connectivity index (χ0n) is 8.11. The Kier molecular flexibility index (Phi) is 2.65. The van der Waals surface area contributed by atoms with Crippen LogP contribution >= 0.6 is 15.9 Å². The molecule has 0 spiro atoms. The molecule has 0 aliphatic heterocycles. The molecule has 82 valence electrons. The molecule has 1 saturated carbocycles. The van der Waals surface area contributed by atoms with Gasteiger partial charge >= 0.3 is 0 Å². The Labute approximate surface area is 97.7 Å². The first kappa shape index (κ1) is 11.1. The zero-order chi connectivity index (χ0) is 11.1. The standard InChI is InChI=1S/C10H12BrNO2S/c11-8-1-3-9(4-2-8)15(13,14)10(7-12)5-6-10/h1-4H,5-7,12H2. The third kappa shape index (κ3) is 1.73. The molecule has 0 amide bonds. The van der Waals surface area contributed by atoms with Gasteiger partial charge in [-0.2, -0.15) is 0 Å². The minimum Gasteiger partial charge on any atom is -0.329 e. The minimum absolute atomic E-state index is 0.214. The van der Waals surface area contributed by atoms with Gasteiger partial charge in [0.15, 0.2) is 9.84 Å². The first-order chi connectivity index (χ1) is 7.02. The number of hydrogen-bond donors (Lipinski definition) is 1. The van der Waals surface area contributed by atoms with Crippen molar-refractivity contribution in [3.8, 4) is 0 Å². The van der Waals surface area contributed by atoms with Gasteiger partial charge in [0.1, 0.15) is 0 Å². The van der Waals surface area contributed by atoms with Crippen LogP contribution in [0.1, 0.15) is 12.8 Å². The molecule has 0 bridgehead atoms. The van der Waals surface area contributed by atoms with Gasteiger partial charge in [-0.25, -0.2) is 8.42 Å². The fourth-order valence-electron chi connectivity index (χ4n) is 1.59. The molecule has 1 aliphatic rings. The van der Waals surface area contributed by atoms with Crippen LogP contribution in [0.2, 0.25) is 0 Å². The summed E-state index contributed by atoms with van der Waals surface area (Å²) in [5.41, 5.74) is 5.53. The number of benzene rings is 1. The van der Waals surface area contributed by atoms with E-state index in [9.17, 15) is 8.42 Å². The number of hydrogen-bond acceptors (Lipinski definition) is 3. The third-order valence-electron chi connectivity index (χ3n) is 2.87. The maximum absolute atomic E-state index is 12.2. The summed E-state index contributed by atoms with van der Waals surface area (Å²) >= 11 is 3.28. The Hall–Kier alpha value is -0.390. The fraction of sp³-hybridized carbons (Fsp3) is 0.400. The second-order valence-corrected chi connectivity index (χ2v) is 7.10. The lowest BCUT2D eigenvalue weighted by molar-refractivity contribution is 0.577. The van der Waals surface area contributed by atoms with Gasteiger partial charge in [0.25, 0.3) is 0 Å². The van der Waals surface area contributed by atoms with E-state index in [0.717, 1.165) is 4.47 Å². The molecule has 5 heteroatoms. The molecule has 0 heterocycles. The maximum Gasteiger partial charge on any atom is 0.185 e.